The monoisotopic (exact) mass is 199 g/mol. The molecule has 14 heavy (non-hydrogen) atoms. The first kappa shape index (κ1) is 10.8. The quantitative estimate of drug-likeness (QED) is 0.294. The van der Waals surface area contributed by atoms with Crippen molar-refractivity contribution < 1.29 is 10.0 Å². The standard InChI is InChI=1S/C9H17N3O2/c10-8(11-14)7-9(13)12-5-3-1-2-4-6-12/h14H,1-7H2,(H2,10,11). The van der Waals surface area contributed by atoms with Crippen LogP contribution in [0.25, 0.3) is 0 Å². The number of amidine groups is 1. The minimum atomic E-state index is -0.0396. The summed E-state index contributed by atoms with van der Waals surface area (Å²) >= 11 is 0. The minimum absolute atomic E-state index is 0.0146. The van der Waals surface area contributed by atoms with Gasteiger partial charge in [-0.2, -0.15) is 0 Å². The van der Waals surface area contributed by atoms with E-state index in [0.717, 1.165) is 25.9 Å². The van der Waals surface area contributed by atoms with Crippen LogP contribution in [0.2, 0.25) is 0 Å². The third-order valence-electron chi connectivity index (χ3n) is 2.42. The van der Waals surface area contributed by atoms with Crippen LogP contribution in [0.1, 0.15) is 32.1 Å². The summed E-state index contributed by atoms with van der Waals surface area (Å²) in [6, 6.07) is 0. The summed E-state index contributed by atoms with van der Waals surface area (Å²) in [7, 11) is 0. The van der Waals surface area contributed by atoms with Crippen LogP contribution in [0.5, 0.6) is 0 Å². The molecule has 1 fully saturated rings. The molecule has 1 aliphatic rings. The SMILES string of the molecule is N/C(CC(=O)N1CCCCCC1)=N\O. The second kappa shape index (κ2) is 5.47. The predicted octanol–water partition coefficient (Wildman–Crippen LogP) is 0.525. The maximum absolute atomic E-state index is 11.6. The van der Waals surface area contributed by atoms with Gasteiger partial charge in [0.15, 0.2) is 0 Å². The fourth-order valence-electron chi connectivity index (χ4n) is 1.62. The molecule has 80 valence electrons. The topological polar surface area (TPSA) is 78.9 Å². The van der Waals surface area contributed by atoms with Gasteiger partial charge < -0.3 is 15.8 Å². The van der Waals surface area contributed by atoms with Crippen molar-refractivity contribution >= 4 is 11.7 Å². The highest BCUT2D eigenvalue weighted by Crippen LogP contribution is 2.10. The molecule has 0 unspecified atom stereocenters. The molecule has 1 aliphatic heterocycles. The smallest absolute Gasteiger partial charge is 0.230 e. The van der Waals surface area contributed by atoms with Crippen molar-refractivity contribution in [1.29, 1.82) is 0 Å². The summed E-state index contributed by atoms with van der Waals surface area (Å²) in [5, 5.41) is 11.1. The van der Waals surface area contributed by atoms with Crippen LogP contribution in [0.15, 0.2) is 5.16 Å². The molecule has 0 saturated carbocycles. The van der Waals surface area contributed by atoms with Gasteiger partial charge in [-0.15, -0.1) is 0 Å². The first-order valence-electron chi connectivity index (χ1n) is 4.98. The number of hydrogen-bond acceptors (Lipinski definition) is 3. The van der Waals surface area contributed by atoms with Crippen LogP contribution in [0.3, 0.4) is 0 Å². The number of nitrogens with two attached hydrogens (primary N) is 1. The normalized spacial score (nSPS) is 19.1. The molecule has 0 radical (unpaired) electrons. The average molecular weight is 199 g/mol. The molecule has 0 aromatic rings. The first-order valence-corrected chi connectivity index (χ1v) is 4.98. The van der Waals surface area contributed by atoms with Crippen LogP contribution in [-0.2, 0) is 4.79 Å². The lowest BCUT2D eigenvalue weighted by Gasteiger charge is -2.19. The molecular formula is C9H17N3O2. The fourth-order valence-corrected chi connectivity index (χ4v) is 1.62. The van der Waals surface area contributed by atoms with Gasteiger partial charge in [-0.3, -0.25) is 4.79 Å². The summed E-state index contributed by atoms with van der Waals surface area (Å²) in [6.07, 6.45) is 4.51. The molecule has 0 aliphatic carbocycles. The van der Waals surface area contributed by atoms with Crippen molar-refractivity contribution in [3.8, 4) is 0 Å². The van der Waals surface area contributed by atoms with Crippen molar-refractivity contribution in [1.82, 2.24) is 4.90 Å². The van der Waals surface area contributed by atoms with Gasteiger partial charge in [0.05, 0.1) is 6.42 Å². The summed E-state index contributed by atoms with van der Waals surface area (Å²) in [5.74, 6) is -0.0542. The molecule has 1 heterocycles. The van der Waals surface area contributed by atoms with Crippen molar-refractivity contribution in [2.75, 3.05) is 13.1 Å². The molecule has 1 amide bonds. The van der Waals surface area contributed by atoms with Crippen LogP contribution in [-0.4, -0.2) is 34.9 Å². The van der Waals surface area contributed by atoms with Gasteiger partial charge in [0.2, 0.25) is 5.91 Å². The van der Waals surface area contributed by atoms with Crippen molar-refractivity contribution in [3.63, 3.8) is 0 Å². The summed E-state index contributed by atoms with van der Waals surface area (Å²) in [5.41, 5.74) is 5.27. The number of hydrogen-bond donors (Lipinski definition) is 2. The molecule has 5 heteroatoms. The molecule has 0 atom stereocenters. The Labute approximate surface area is 83.6 Å². The minimum Gasteiger partial charge on any atom is -0.409 e. The van der Waals surface area contributed by atoms with Crippen LogP contribution in [0.4, 0.5) is 0 Å². The Morgan fingerprint density at radius 1 is 1.29 bits per heavy atom. The van der Waals surface area contributed by atoms with E-state index in [9.17, 15) is 4.79 Å². The van der Waals surface area contributed by atoms with Gasteiger partial charge in [-0.1, -0.05) is 18.0 Å². The van der Waals surface area contributed by atoms with Gasteiger partial charge >= 0.3 is 0 Å². The van der Waals surface area contributed by atoms with E-state index in [1.807, 2.05) is 0 Å². The lowest BCUT2D eigenvalue weighted by Crippen LogP contribution is -2.34. The van der Waals surface area contributed by atoms with Crippen LogP contribution >= 0.6 is 0 Å². The molecule has 1 rings (SSSR count). The number of amides is 1. The largest absolute Gasteiger partial charge is 0.409 e. The van der Waals surface area contributed by atoms with Crippen molar-refractivity contribution in [3.05, 3.63) is 0 Å². The summed E-state index contributed by atoms with van der Waals surface area (Å²) < 4.78 is 0. The first-order chi connectivity index (χ1) is 6.74. The third kappa shape index (κ3) is 3.24. The molecular weight excluding hydrogens is 182 g/mol. The number of oxime groups is 1. The van der Waals surface area contributed by atoms with E-state index in [2.05, 4.69) is 5.16 Å². The van der Waals surface area contributed by atoms with E-state index in [4.69, 9.17) is 10.9 Å². The van der Waals surface area contributed by atoms with Crippen LogP contribution < -0.4 is 5.73 Å². The molecule has 0 bridgehead atoms. The molecule has 0 aromatic carbocycles. The third-order valence-corrected chi connectivity index (χ3v) is 2.42. The molecule has 5 nitrogen and oxygen atoms in total. The highest BCUT2D eigenvalue weighted by atomic mass is 16.4. The Kier molecular flexibility index (Phi) is 4.22. The number of likely N-dealkylation sites (tertiary alicyclic amines) is 1. The Balaban J connectivity index is 2.42. The maximum Gasteiger partial charge on any atom is 0.230 e. The Hall–Kier alpha value is -1.26. The molecule has 1 saturated heterocycles. The second-order valence-corrected chi connectivity index (χ2v) is 3.56. The van der Waals surface area contributed by atoms with Gasteiger partial charge in [-0.25, -0.2) is 0 Å². The molecule has 3 N–H and O–H groups in total. The highest BCUT2D eigenvalue weighted by Gasteiger charge is 2.16. The van der Waals surface area contributed by atoms with E-state index >= 15 is 0 Å². The van der Waals surface area contributed by atoms with Crippen molar-refractivity contribution in [2.45, 2.75) is 32.1 Å². The van der Waals surface area contributed by atoms with E-state index < -0.39 is 0 Å². The zero-order valence-corrected chi connectivity index (χ0v) is 8.28. The zero-order chi connectivity index (χ0) is 10.4. The fraction of sp³-hybridized carbons (Fsp3) is 0.778. The van der Waals surface area contributed by atoms with E-state index in [1.54, 1.807) is 4.90 Å². The Morgan fingerprint density at radius 3 is 2.36 bits per heavy atom. The lowest BCUT2D eigenvalue weighted by atomic mass is 10.2. The second-order valence-electron chi connectivity index (χ2n) is 3.56. The predicted molar refractivity (Wildman–Crippen MR) is 53.1 cm³/mol. The van der Waals surface area contributed by atoms with Gasteiger partial charge in [0, 0.05) is 13.1 Å². The van der Waals surface area contributed by atoms with Gasteiger partial charge in [0.1, 0.15) is 5.84 Å². The van der Waals surface area contributed by atoms with Gasteiger partial charge in [-0.05, 0) is 12.8 Å². The van der Waals surface area contributed by atoms with E-state index in [1.165, 1.54) is 12.8 Å². The zero-order valence-electron chi connectivity index (χ0n) is 8.28. The average Bonchev–Trinajstić information content (AvgIpc) is 2.45. The highest BCUT2D eigenvalue weighted by molar-refractivity contribution is 5.98. The number of carbonyl (C=O) groups is 1. The molecule has 0 spiro atoms. The molecule has 0 aromatic heterocycles. The van der Waals surface area contributed by atoms with E-state index in [-0.39, 0.29) is 18.2 Å². The van der Waals surface area contributed by atoms with Crippen LogP contribution in [0, 0.1) is 0 Å². The number of nitrogens with zero attached hydrogens (tertiary/aromatic N) is 2. The number of rotatable bonds is 2. The Morgan fingerprint density at radius 2 is 1.86 bits per heavy atom. The lowest BCUT2D eigenvalue weighted by molar-refractivity contribution is -0.129. The number of carbonyl (C=O) groups excluding carboxylic acids is 1. The Bertz CT molecular complexity index is 220. The van der Waals surface area contributed by atoms with Gasteiger partial charge in [0.25, 0.3) is 0 Å². The van der Waals surface area contributed by atoms with Crippen molar-refractivity contribution in [2.24, 2.45) is 10.9 Å². The summed E-state index contributed by atoms with van der Waals surface area (Å²) in [4.78, 5) is 13.4. The summed E-state index contributed by atoms with van der Waals surface area (Å²) in [6.45, 7) is 1.61. The van der Waals surface area contributed by atoms with E-state index in [0.29, 0.717) is 0 Å². The maximum atomic E-state index is 11.6.